The first-order valence-electron chi connectivity index (χ1n) is 8.65. The number of carbonyl (C=O) groups is 3. The van der Waals surface area contributed by atoms with Crippen LogP contribution < -0.4 is 10.6 Å². The minimum absolute atomic E-state index is 0.0519. The number of anilines is 2. The van der Waals surface area contributed by atoms with Gasteiger partial charge in [-0.05, 0) is 43.0 Å². The minimum Gasteiger partial charge on any atom is -0.481 e. The van der Waals surface area contributed by atoms with Crippen LogP contribution >= 0.6 is 0 Å². The van der Waals surface area contributed by atoms with E-state index in [1.165, 1.54) is 0 Å². The Balaban J connectivity index is 2.67. The number of benzene rings is 1. The molecule has 6 nitrogen and oxygen atoms in total. The summed E-state index contributed by atoms with van der Waals surface area (Å²) in [5, 5.41) is 14.9. The SMILES string of the molecule is CCC(CC)(CC(=O)Nc1ccc(NC(=O)CC(C)C)cc1)C(=O)O. The zero-order chi connectivity index (χ0) is 19.0. The molecule has 3 N–H and O–H groups in total. The van der Waals surface area contributed by atoms with Crippen LogP contribution in [0.2, 0.25) is 0 Å². The number of carboxylic acid groups (broad SMARTS) is 1. The molecular formula is C19H28N2O4. The Kier molecular flexibility index (Phi) is 7.61. The fraction of sp³-hybridized carbons (Fsp3) is 0.526. The van der Waals surface area contributed by atoms with E-state index in [-0.39, 0.29) is 24.2 Å². The van der Waals surface area contributed by atoms with Crippen LogP contribution in [0.15, 0.2) is 24.3 Å². The van der Waals surface area contributed by atoms with Crippen molar-refractivity contribution in [3.63, 3.8) is 0 Å². The normalized spacial score (nSPS) is 11.2. The van der Waals surface area contributed by atoms with Gasteiger partial charge in [-0.3, -0.25) is 14.4 Å². The van der Waals surface area contributed by atoms with Gasteiger partial charge in [0.1, 0.15) is 0 Å². The molecule has 0 aliphatic carbocycles. The number of amides is 2. The quantitative estimate of drug-likeness (QED) is 0.631. The van der Waals surface area contributed by atoms with Crippen LogP contribution in [-0.4, -0.2) is 22.9 Å². The maximum Gasteiger partial charge on any atom is 0.310 e. The molecule has 138 valence electrons. The Morgan fingerprint density at radius 3 is 1.76 bits per heavy atom. The van der Waals surface area contributed by atoms with Crippen LogP contribution in [0.1, 0.15) is 53.4 Å². The second-order valence-electron chi connectivity index (χ2n) is 6.74. The van der Waals surface area contributed by atoms with Gasteiger partial charge >= 0.3 is 5.97 Å². The van der Waals surface area contributed by atoms with E-state index in [0.717, 1.165) is 0 Å². The molecule has 0 spiro atoms. The topological polar surface area (TPSA) is 95.5 Å². The summed E-state index contributed by atoms with van der Waals surface area (Å²) in [6.45, 7) is 7.50. The largest absolute Gasteiger partial charge is 0.481 e. The smallest absolute Gasteiger partial charge is 0.310 e. The molecule has 0 aromatic heterocycles. The van der Waals surface area contributed by atoms with E-state index in [4.69, 9.17) is 0 Å². The first kappa shape index (κ1) is 20.7. The first-order chi connectivity index (χ1) is 11.7. The molecule has 0 atom stereocenters. The molecule has 25 heavy (non-hydrogen) atoms. The summed E-state index contributed by atoms with van der Waals surface area (Å²) >= 11 is 0. The maximum absolute atomic E-state index is 12.2. The van der Waals surface area contributed by atoms with E-state index in [1.807, 2.05) is 13.8 Å². The van der Waals surface area contributed by atoms with Crippen molar-refractivity contribution < 1.29 is 19.5 Å². The van der Waals surface area contributed by atoms with Gasteiger partial charge in [0.15, 0.2) is 0 Å². The third-order valence-corrected chi connectivity index (χ3v) is 4.35. The Labute approximate surface area is 149 Å². The van der Waals surface area contributed by atoms with Gasteiger partial charge in [0.05, 0.1) is 5.41 Å². The molecule has 0 heterocycles. The third-order valence-electron chi connectivity index (χ3n) is 4.35. The van der Waals surface area contributed by atoms with Gasteiger partial charge in [0, 0.05) is 24.2 Å². The van der Waals surface area contributed by atoms with Crippen LogP contribution in [0.4, 0.5) is 11.4 Å². The third kappa shape index (κ3) is 6.21. The van der Waals surface area contributed by atoms with Crippen molar-refractivity contribution >= 4 is 29.2 Å². The van der Waals surface area contributed by atoms with Crippen LogP contribution in [0.3, 0.4) is 0 Å². The number of carboxylic acids is 1. The van der Waals surface area contributed by atoms with Crippen LogP contribution in [0.5, 0.6) is 0 Å². The first-order valence-corrected chi connectivity index (χ1v) is 8.65. The fourth-order valence-electron chi connectivity index (χ4n) is 2.61. The van der Waals surface area contributed by atoms with E-state index >= 15 is 0 Å². The van der Waals surface area contributed by atoms with Gasteiger partial charge in [0.2, 0.25) is 11.8 Å². The molecule has 0 radical (unpaired) electrons. The molecule has 0 aliphatic heterocycles. The molecule has 1 aromatic carbocycles. The predicted molar refractivity (Wildman–Crippen MR) is 98.4 cm³/mol. The minimum atomic E-state index is -1.03. The molecule has 0 bridgehead atoms. The Morgan fingerprint density at radius 1 is 0.960 bits per heavy atom. The molecule has 0 aliphatic rings. The zero-order valence-corrected chi connectivity index (χ0v) is 15.4. The van der Waals surface area contributed by atoms with Crippen molar-refractivity contribution in [1.29, 1.82) is 0 Å². The molecule has 1 rings (SSSR count). The summed E-state index contributed by atoms with van der Waals surface area (Å²) in [5.74, 6) is -1.05. The van der Waals surface area contributed by atoms with E-state index in [2.05, 4.69) is 10.6 Å². The highest BCUT2D eigenvalue weighted by Crippen LogP contribution is 2.31. The van der Waals surface area contributed by atoms with E-state index in [1.54, 1.807) is 38.1 Å². The van der Waals surface area contributed by atoms with Gasteiger partial charge in [-0.1, -0.05) is 27.7 Å². The highest BCUT2D eigenvalue weighted by molar-refractivity contribution is 5.95. The number of nitrogens with one attached hydrogen (secondary N) is 2. The summed E-state index contributed by atoms with van der Waals surface area (Å²) < 4.78 is 0. The Bertz CT molecular complexity index is 604. The van der Waals surface area contributed by atoms with Crippen LogP contribution in [0.25, 0.3) is 0 Å². The molecular weight excluding hydrogens is 320 g/mol. The van der Waals surface area contributed by atoms with Gasteiger partial charge in [-0.2, -0.15) is 0 Å². The molecule has 2 amide bonds. The lowest BCUT2D eigenvalue weighted by atomic mass is 9.79. The summed E-state index contributed by atoms with van der Waals surface area (Å²) in [6.07, 6.45) is 1.17. The van der Waals surface area contributed by atoms with Crippen molar-refractivity contribution in [1.82, 2.24) is 0 Å². The zero-order valence-electron chi connectivity index (χ0n) is 15.4. The lowest BCUT2D eigenvalue weighted by molar-refractivity contribution is -0.151. The summed E-state index contributed by atoms with van der Waals surface area (Å²) in [6, 6.07) is 6.78. The lowest BCUT2D eigenvalue weighted by Crippen LogP contribution is -2.34. The van der Waals surface area contributed by atoms with E-state index in [9.17, 15) is 19.5 Å². The Morgan fingerprint density at radius 2 is 1.40 bits per heavy atom. The molecule has 0 fully saturated rings. The molecule has 0 unspecified atom stereocenters. The number of rotatable bonds is 9. The van der Waals surface area contributed by atoms with Gasteiger partial charge in [-0.25, -0.2) is 0 Å². The molecule has 6 heteroatoms. The second kappa shape index (κ2) is 9.20. The van der Waals surface area contributed by atoms with Gasteiger partial charge in [-0.15, -0.1) is 0 Å². The molecule has 0 saturated carbocycles. The van der Waals surface area contributed by atoms with Crippen molar-refractivity contribution in [3.8, 4) is 0 Å². The van der Waals surface area contributed by atoms with Crippen LogP contribution in [0, 0.1) is 11.3 Å². The average Bonchev–Trinajstić information content (AvgIpc) is 2.53. The van der Waals surface area contributed by atoms with E-state index < -0.39 is 11.4 Å². The van der Waals surface area contributed by atoms with Gasteiger partial charge < -0.3 is 15.7 Å². The lowest BCUT2D eigenvalue weighted by Gasteiger charge is -2.25. The summed E-state index contributed by atoms with van der Waals surface area (Å²) in [7, 11) is 0. The highest BCUT2D eigenvalue weighted by Gasteiger charge is 2.37. The number of carbonyl (C=O) groups excluding carboxylic acids is 2. The van der Waals surface area contributed by atoms with E-state index in [0.29, 0.717) is 30.6 Å². The summed E-state index contributed by atoms with van der Waals surface area (Å²) in [4.78, 5) is 35.4. The fourth-order valence-corrected chi connectivity index (χ4v) is 2.61. The number of aliphatic carboxylic acids is 1. The van der Waals surface area contributed by atoms with Crippen LogP contribution in [-0.2, 0) is 14.4 Å². The van der Waals surface area contributed by atoms with Crippen molar-refractivity contribution in [2.45, 2.75) is 53.4 Å². The average molecular weight is 348 g/mol. The van der Waals surface area contributed by atoms with Crippen molar-refractivity contribution in [2.24, 2.45) is 11.3 Å². The number of hydrogen-bond donors (Lipinski definition) is 3. The Hall–Kier alpha value is -2.37. The monoisotopic (exact) mass is 348 g/mol. The van der Waals surface area contributed by atoms with Gasteiger partial charge in [0.25, 0.3) is 0 Å². The highest BCUT2D eigenvalue weighted by atomic mass is 16.4. The standard InChI is InChI=1S/C19H28N2O4/c1-5-19(6-2,18(24)25)12-17(23)21-15-9-7-14(8-10-15)20-16(22)11-13(3)4/h7-10,13H,5-6,11-12H2,1-4H3,(H,20,22)(H,21,23)(H,24,25). The molecule has 0 saturated heterocycles. The predicted octanol–water partition coefficient (Wildman–Crippen LogP) is 3.89. The molecule has 1 aromatic rings. The summed E-state index contributed by atoms with van der Waals surface area (Å²) in [5.41, 5.74) is 0.193. The second-order valence-corrected chi connectivity index (χ2v) is 6.74. The van der Waals surface area contributed by atoms with Crippen molar-refractivity contribution in [3.05, 3.63) is 24.3 Å². The van der Waals surface area contributed by atoms with Crippen molar-refractivity contribution in [2.75, 3.05) is 10.6 Å². The maximum atomic E-state index is 12.2. The number of hydrogen-bond acceptors (Lipinski definition) is 3.